The molecule has 2 aromatic rings. The summed E-state index contributed by atoms with van der Waals surface area (Å²) in [5.74, 6) is 0.509. The van der Waals surface area contributed by atoms with Crippen molar-refractivity contribution in [2.75, 3.05) is 0 Å². The van der Waals surface area contributed by atoms with E-state index in [0.29, 0.717) is 5.92 Å². The van der Waals surface area contributed by atoms with Crippen molar-refractivity contribution in [2.45, 2.75) is 19.3 Å². The van der Waals surface area contributed by atoms with E-state index in [1.54, 1.807) is 0 Å². The molecule has 1 aliphatic carbocycles. The summed E-state index contributed by atoms with van der Waals surface area (Å²) in [6.45, 7) is 4.30. The van der Waals surface area contributed by atoms with Crippen molar-refractivity contribution in [2.24, 2.45) is 5.92 Å². The number of allylic oxidation sites excluding steroid dienone is 3. The molecule has 1 aliphatic rings. The molecule has 0 amide bonds. The summed E-state index contributed by atoms with van der Waals surface area (Å²) in [5, 5.41) is 0. The molecule has 2 aromatic heterocycles. The molecule has 2 nitrogen and oxygen atoms in total. The molecule has 0 saturated carbocycles. The molecule has 0 aliphatic heterocycles. The number of nitrogens with zero attached hydrogens (tertiary/aromatic N) is 2. The molecule has 2 heterocycles. The van der Waals surface area contributed by atoms with Gasteiger partial charge in [-0.05, 0) is 25.5 Å². The summed E-state index contributed by atoms with van der Waals surface area (Å²) < 4.78 is 4.36. The van der Waals surface area contributed by atoms with Crippen LogP contribution in [0.4, 0.5) is 0 Å². The fourth-order valence-corrected chi connectivity index (χ4v) is 2.78. The first-order valence-corrected chi connectivity index (χ1v) is 7.16. The van der Waals surface area contributed by atoms with E-state index in [0.717, 1.165) is 12.8 Å². The lowest BCUT2D eigenvalue weighted by Gasteiger charge is -2.18. The third-order valence-electron chi connectivity index (χ3n) is 3.92. The van der Waals surface area contributed by atoms with Gasteiger partial charge < -0.3 is 0 Å². The summed E-state index contributed by atoms with van der Waals surface area (Å²) in [6, 6.07) is 12.3. The predicted octanol–water partition coefficient (Wildman–Crippen LogP) is 3.07. The van der Waals surface area contributed by atoms with Gasteiger partial charge in [0.1, 0.15) is 0 Å². The minimum absolute atomic E-state index is 0.509. The Morgan fingerprint density at radius 1 is 0.950 bits per heavy atom. The van der Waals surface area contributed by atoms with E-state index in [4.69, 9.17) is 0 Å². The van der Waals surface area contributed by atoms with Crippen molar-refractivity contribution in [3.8, 4) is 0 Å². The first kappa shape index (κ1) is 12.8. The average Bonchev–Trinajstić information content (AvgIpc) is 2.56. The van der Waals surface area contributed by atoms with Crippen LogP contribution in [0.5, 0.6) is 0 Å². The second kappa shape index (κ2) is 5.83. The third-order valence-corrected chi connectivity index (χ3v) is 3.92. The molecule has 0 spiro atoms. The minimum atomic E-state index is 0.509. The zero-order chi connectivity index (χ0) is 13.8. The predicted molar refractivity (Wildman–Crippen MR) is 80.2 cm³/mol. The van der Waals surface area contributed by atoms with Crippen LogP contribution in [0.3, 0.4) is 0 Å². The third kappa shape index (κ3) is 2.69. The highest BCUT2D eigenvalue weighted by molar-refractivity contribution is 5.43. The van der Waals surface area contributed by atoms with Gasteiger partial charge in [0, 0.05) is 30.7 Å². The second-order valence-corrected chi connectivity index (χ2v) is 5.23. The van der Waals surface area contributed by atoms with Gasteiger partial charge in [-0.15, -0.1) is 0 Å². The number of hydrogen-bond donors (Lipinski definition) is 0. The molecule has 0 bridgehead atoms. The Kier molecular flexibility index (Phi) is 3.73. The summed E-state index contributed by atoms with van der Waals surface area (Å²) in [4.78, 5) is 0. The SMILES string of the molecule is C=C(C1CCC=C([n+]2ccccc2)C1)[n+]1ccccc1. The maximum absolute atomic E-state index is 4.30. The van der Waals surface area contributed by atoms with E-state index < -0.39 is 0 Å². The normalized spacial score (nSPS) is 18.4. The number of pyridine rings is 2. The highest BCUT2D eigenvalue weighted by atomic mass is 15.0. The molecular formula is C18H20N2+2. The van der Waals surface area contributed by atoms with Gasteiger partial charge in [0.05, 0.1) is 5.92 Å². The zero-order valence-electron chi connectivity index (χ0n) is 11.7. The van der Waals surface area contributed by atoms with E-state index in [9.17, 15) is 0 Å². The minimum Gasteiger partial charge on any atom is -0.171 e. The number of rotatable bonds is 3. The highest BCUT2D eigenvalue weighted by Gasteiger charge is 2.28. The van der Waals surface area contributed by atoms with Crippen LogP contribution in [0.25, 0.3) is 11.4 Å². The lowest BCUT2D eigenvalue weighted by molar-refractivity contribution is -0.592. The van der Waals surface area contributed by atoms with Crippen LogP contribution in [0.1, 0.15) is 19.3 Å². The molecule has 0 fully saturated rings. The average molecular weight is 264 g/mol. The van der Waals surface area contributed by atoms with Gasteiger partial charge in [-0.25, -0.2) is 0 Å². The molecule has 2 heteroatoms. The van der Waals surface area contributed by atoms with Crippen LogP contribution in [0.15, 0.2) is 73.8 Å². The second-order valence-electron chi connectivity index (χ2n) is 5.23. The maximum Gasteiger partial charge on any atom is 0.183 e. The van der Waals surface area contributed by atoms with Crippen molar-refractivity contribution in [1.82, 2.24) is 0 Å². The van der Waals surface area contributed by atoms with E-state index in [1.807, 2.05) is 6.07 Å². The Hall–Kier alpha value is -2.22. The summed E-state index contributed by atoms with van der Waals surface area (Å²) in [5.41, 5.74) is 2.56. The van der Waals surface area contributed by atoms with Crippen LogP contribution >= 0.6 is 0 Å². The summed E-state index contributed by atoms with van der Waals surface area (Å²) in [7, 11) is 0. The Morgan fingerprint density at radius 3 is 2.30 bits per heavy atom. The van der Waals surface area contributed by atoms with Crippen molar-refractivity contribution < 1.29 is 9.13 Å². The standard InChI is InChI=1S/C18H20N2/c1-16(19-11-4-2-5-12-19)17-9-8-10-18(15-17)20-13-6-3-7-14-20/h2-7,10-14,17H,1,8-9,15H2/q+2. The highest BCUT2D eigenvalue weighted by Crippen LogP contribution is 2.28. The molecule has 1 atom stereocenters. The van der Waals surface area contributed by atoms with Crippen LogP contribution in [-0.2, 0) is 0 Å². The molecule has 0 radical (unpaired) electrons. The van der Waals surface area contributed by atoms with E-state index >= 15 is 0 Å². The van der Waals surface area contributed by atoms with Crippen molar-refractivity contribution in [3.05, 3.63) is 73.8 Å². The van der Waals surface area contributed by atoms with Gasteiger partial charge in [0.2, 0.25) is 0 Å². The van der Waals surface area contributed by atoms with Gasteiger partial charge in [-0.2, -0.15) is 9.13 Å². The lowest BCUT2D eigenvalue weighted by Crippen LogP contribution is -2.38. The molecule has 0 N–H and O–H groups in total. The van der Waals surface area contributed by atoms with Crippen LogP contribution in [-0.4, -0.2) is 0 Å². The van der Waals surface area contributed by atoms with Gasteiger partial charge in [-0.3, -0.25) is 0 Å². The molecular weight excluding hydrogens is 244 g/mol. The summed E-state index contributed by atoms with van der Waals surface area (Å²) in [6.07, 6.45) is 14.1. The van der Waals surface area contributed by atoms with E-state index in [2.05, 4.69) is 76.9 Å². The van der Waals surface area contributed by atoms with Crippen molar-refractivity contribution in [1.29, 1.82) is 0 Å². The molecule has 0 aromatic carbocycles. The van der Waals surface area contributed by atoms with Gasteiger partial charge in [0.15, 0.2) is 36.2 Å². The lowest BCUT2D eigenvalue weighted by atomic mass is 9.89. The molecule has 0 saturated heterocycles. The fourth-order valence-electron chi connectivity index (χ4n) is 2.78. The summed E-state index contributed by atoms with van der Waals surface area (Å²) >= 11 is 0. The largest absolute Gasteiger partial charge is 0.183 e. The van der Waals surface area contributed by atoms with E-state index in [-0.39, 0.29) is 0 Å². The Labute approximate surface area is 120 Å². The smallest absolute Gasteiger partial charge is 0.171 e. The first-order valence-electron chi connectivity index (χ1n) is 7.16. The fraction of sp³-hybridized carbons (Fsp3) is 0.222. The molecule has 20 heavy (non-hydrogen) atoms. The van der Waals surface area contributed by atoms with Crippen molar-refractivity contribution in [3.63, 3.8) is 0 Å². The van der Waals surface area contributed by atoms with Crippen LogP contribution < -0.4 is 9.13 Å². The number of hydrogen-bond acceptors (Lipinski definition) is 0. The molecule has 1 unspecified atom stereocenters. The Bertz CT molecular complexity index is 614. The zero-order valence-corrected chi connectivity index (χ0v) is 11.7. The molecule has 100 valence electrons. The molecule has 3 rings (SSSR count). The number of aromatic nitrogens is 2. The topological polar surface area (TPSA) is 7.76 Å². The van der Waals surface area contributed by atoms with Crippen LogP contribution in [0.2, 0.25) is 0 Å². The van der Waals surface area contributed by atoms with Gasteiger partial charge in [-0.1, -0.05) is 12.1 Å². The Morgan fingerprint density at radius 2 is 1.60 bits per heavy atom. The monoisotopic (exact) mass is 264 g/mol. The van der Waals surface area contributed by atoms with Gasteiger partial charge >= 0.3 is 0 Å². The quantitative estimate of drug-likeness (QED) is 0.753. The first-order chi connectivity index (χ1) is 9.84. The van der Waals surface area contributed by atoms with Gasteiger partial charge in [0.25, 0.3) is 0 Å². The Balaban J connectivity index is 1.78. The van der Waals surface area contributed by atoms with Crippen molar-refractivity contribution >= 4 is 11.4 Å². The van der Waals surface area contributed by atoms with E-state index in [1.165, 1.54) is 17.8 Å². The van der Waals surface area contributed by atoms with Crippen LogP contribution in [0, 0.1) is 5.92 Å². The maximum atomic E-state index is 4.30.